The van der Waals surface area contributed by atoms with E-state index in [-0.39, 0.29) is 0 Å². The van der Waals surface area contributed by atoms with Crippen molar-refractivity contribution < 1.29 is 8.51 Å². The Morgan fingerprint density at radius 3 is 1.50 bits per heavy atom. The summed E-state index contributed by atoms with van der Waals surface area (Å²) >= 11 is 4.42. The average Bonchev–Trinajstić information content (AvgIpc) is 0.811. The third-order valence-corrected chi connectivity index (χ3v) is 0. The Labute approximate surface area is 55.9 Å². The molecule has 0 heterocycles. The van der Waals surface area contributed by atoms with Crippen LogP contribution >= 0.6 is 48.6 Å². The van der Waals surface area contributed by atoms with Gasteiger partial charge in [0.15, 0.2) is 0 Å². The molecule has 0 saturated heterocycles. The predicted molar refractivity (Wildman–Crippen MR) is 33.9 cm³/mol. The van der Waals surface area contributed by atoms with Crippen molar-refractivity contribution in [2.75, 3.05) is 0 Å². The van der Waals surface area contributed by atoms with Gasteiger partial charge in [0.05, 0.1) is 0 Å². The van der Waals surface area contributed by atoms with Gasteiger partial charge in [-0.3, -0.25) is 0 Å². The first-order valence-electron chi connectivity index (χ1n) is 0.359. The third-order valence-electron chi connectivity index (χ3n) is 0. The second kappa shape index (κ2) is 3.60. The molecule has 0 saturated carbocycles. The van der Waals surface area contributed by atoms with E-state index in [1.54, 1.807) is 0 Å². The Morgan fingerprint density at radius 1 is 1.50 bits per heavy atom. The van der Waals surface area contributed by atoms with Crippen molar-refractivity contribution in [3.63, 3.8) is 0 Å². The Kier molecular flexibility index (Phi) is 5.77. The van der Waals surface area contributed by atoms with Crippen molar-refractivity contribution in [1.29, 1.82) is 0 Å². The molecule has 0 aliphatic heterocycles. The molecule has 0 aromatic rings. The molecule has 0 N–H and O–H groups in total. The number of hydrogen-bond acceptors (Lipinski definition) is 0. The summed E-state index contributed by atoms with van der Waals surface area (Å²) in [5.74, 6) is 0. The first-order valence-corrected chi connectivity index (χ1v) is 11.6. The molecule has 0 spiro atoms. The second-order valence-electron chi connectivity index (χ2n) is 0.136. The van der Waals surface area contributed by atoms with Gasteiger partial charge in [-0.2, -0.15) is 0 Å². The molecule has 0 atom stereocenters. The first kappa shape index (κ1) is 6.41. The van der Waals surface area contributed by atoms with Gasteiger partial charge in [0, 0.05) is 0 Å². The molecule has 0 amide bonds. The molecule has 0 aromatic heterocycles. The predicted octanol–water partition coefficient (Wildman–Crippen LogP) is 2.46. The SMILES string of the molecule is [Cl][Pd]([I])[I]. The normalized spacial score (nSPS) is 11.2. The van der Waals surface area contributed by atoms with E-state index in [0.717, 1.165) is 0 Å². The van der Waals surface area contributed by atoms with Crippen LogP contribution in [0, 0.1) is 0 Å². The summed E-state index contributed by atoms with van der Waals surface area (Å²) in [6, 6.07) is 0. The van der Waals surface area contributed by atoms with Gasteiger partial charge in [-0.05, 0) is 0 Å². The quantitative estimate of drug-likeness (QED) is 0.437. The molecule has 0 radical (unpaired) electrons. The molecule has 0 unspecified atom stereocenters. The molecule has 0 aliphatic rings. The first-order chi connectivity index (χ1) is 1.73. The summed E-state index contributed by atoms with van der Waals surface area (Å²) in [5, 5.41) is 0. The maximum absolute atomic E-state index is 5.36. The Morgan fingerprint density at radius 2 is 1.50 bits per heavy atom. The van der Waals surface area contributed by atoms with Gasteiger partial charge >= 0.3 is 57.1 Å². The van der Waals surface area contributed by atoms with Gasteiger partial charge in [-0.1, -0.05) is 0 Å². The van der Waals surface area contributed by atoms with E-state index >= 15 is 0 Å². The summed E-state index contributed by atoms with van der Waals surface area (Å²) in [6.45, 7) is 0. The van der Waals surface area contributed by atoms with Crippen LogP contribution in [0.25, 0.3) is 0 Å². The fourth-order valence-electron chi connectivity index (χ4n) is 0. The topological polar surface area (TPSA) is 0 Å². The molecule has 0 fully saturated rings. The van der Waals surface area contributed by atoms with Crippen molar-refractivity contribution >= 4 is 48.6 Å². The van der Waals surface area contributed by atoms with E-state index in [0.29, 0.717) is 0 Å². The molecule has 0 aliphatic carbocycles. The van der Waals surface area contributed by atoms with Crippen LogP contribution in [0.1, 0.15) is 0 Å². The summed E-state index contributed by atoms with van der Waals surface area (Å²) in [6.07, 6.45) is 0. The third kappa shape index (κ3) is 8.83. The van der Waals surface area contributed by atoms with Crippen molar-refractivity contribution in [3.8, 4) is 0 Å². The molecule has 4 heteroatoms. The van der Waals surface area contributed by atoms with Crippen LogP contribution in [0.15, 0.2) is 0 Å². The molecular weight excluding hydrogens is 396 g/mol. The number of hydrogen-bond donors (Lipinski definition) is 0. The van der Waals surface area contributed by atoms with Crippen LogP contribution in [-0.2, 0) is 8.51 Å². The minimum atomic E-state index is -0.571. The van der Waals surface area contributed by atoms with Crippen LogP contribution in [0.5, 0.6) is 0 Å². The van der Waals surface area contributed by atoms with Gasteiger partial charge in [-0.25, -0.2) is 0 Å². The average molecular weight is 396 g/mol. The monoisotopic (exact) mass is 395 g/mol. The summed E-state index contributed by atoms with van der Waals surface area (Å²) in [4.78, 5) is 0. The zero-order valence-electron chi connectivity index (χ0n) is 1.45. The van der Waals surface area contributed by atoms with E-state index in [4.69, 9.17) is 9.53 Å². The van der Waals surface area contributed by atoms with Crippen LogP contribution in [0.2, 0.25) is 0 Å². The number of halogens is 3. The van der Waals surface area contributed by atoms with Crippen LogP contribution in [-0.4, -0.2) is 0 Å². The molecule has 31 valence electrons. The number of rotatable bonds is 0. The van der Waals surface area contributed by atoms with Crippen molar-refractivity contribution in [2.45, 2.75) is 0 Å². The van der Waals surface area contributed by atoms with E-state index in [2.05, 4.69) is 39.0 Å². The molecular formula is ClI2Pd. The molecule has 4 heavy (non-hydrogen) atoms. The van der Waals surface area contributed by atoms with Gasteiger partial charge in [-0.15, -0.1) is 0 Å². The molecule has 0 aromatic carbocycles. The van der Waals surface area contributed by atoms with E-state index < -0.39 is 8.51 Å². The van der Waals surface area contributed by atoms with E-state index in [1.807, 2.05) is 0 Å². The standard InChI is InChI=1S/ClH.2HI.Pd/h3*1H;/q;;;+3/p-3. The Hall–Kier alpha value is 2.41. The molecule has 0 bridgehead atoms. The summed E-state index contributed by atoms with van der Waals surface area (Å²) in [7, 11) is 4.79. The maximum atomic E-state index is 5.36. The van der Waals surface area contributed by atoms with E-state index in [1.165, 1.54) is 0 Å². The zero-order valence-corrected chi connectivity index (χ0v) is 8.08. The molecule has 0 nitrogen and oxygen atoms in total. The summed E-state index contributed by atoms with van der Waals surface area (Å²) in [5.41, 5.74) is 0. The Balaban J connectivity index is 2.32. The fraction of sp³-hybridized carbons (Fsp3) is 0. The van der Waals surface area contributed by atoms with Crippen LogP contribution in [0.4, 0.5) is 0 Å². The van der Waals surface area contributed by atoms with E-state index in [9.17, 15) is 0 Å². The van der Waals surface area contributed by atoms with Crippen molar-refractivity contribution in [2.24, 2.45) is 0 Å². The van der Waals surface area contributed by atoms with Gasteiger partial charge < -0.3 is 0 Å². The van der Waals surface area contributed by atoms with Crippen molar-refractivity contribution in [1.82, 2.24) is 0 Å². The van der Waals surface area contributed by atoms with Crippen LogP contribution < -0.4 is 0 Å². The van der Waals surface area contributed by atoms with Crippen molar-refractivity contribution in [3.05, 3.63) is 0 Å². The summed E-state index contributed by atoms with van der Waals surface area (Å²) < 4.78 is 0. The van der Waals surface area contributed by atoms with Gasteiger partial charge in [0.2, 0.25) is 0 Å². The Bertz CT molecular complexity index is 10.8. The zero-order chi connectivity index (χ0) is 3.58. The minimum absolute atomic E-state index is 0.571. The second-order valence-corrected chi connectivity index (χ2v) is 22.8. The van der Waals surface area contributed by atoms with Gasteiger partial charge in [0.25, 0.3) is 0 Å². The van der Waals surface area contributed by atoms with Gasteiger partial charge in [0.1, 0.15) is 0 Å². The fourth-order valence-corrected chi connectivity index (χ4v) is 0. The molecule has 0 rings (SSSR count). The van der Waals surface area contributed by atoms with Crippen LogP contribution in [0.3, 0.4) is 0 Å².